The van der Waals surface area contributed by atoms with Crippen LogP contribution in [-0.2, 0) is 6.54 Å². The third kappa shape index (κ3) is 3.27. The van der Waals surface area contributed by atoms with Gasteiger partial charge in [-0.1, -0.05) is 23.7 Å². The van der Waals surface area contributed by atoms with E-state index in [2.05, 4.69) is 5.32 Å². The van der Waals surface area contributed by atoms with Gasteiger partial charge in [0.2, 0.25) is 5.91 Å². The van der Waals surface area contributed by atoms with Crippen molar-refractivity contribution in [3.63, 3.8) is 0 Å². The van der Waals surface area contributed by atoms with Gasteiger partial charge in [-0.3, -0.25) is 4.79 Å². The van der Waals surface area contributed by atoms with E-state index in [-0.39, 0.29) is 5.82 Å². The average Bonchev–Trinajstić information content (AvgIpc) is 2.40. The zero-order valence-corrected chi connectivity index (χ0v) is 11.7. The zero-order chi connectivity index (χ0) is 14.7. The number of primary amides is 1. The minimum Gasteiger partial charge on any atom is -0.381 e. The average molecular weight is 293 g/mol. The Labute approximate surface area is 121 Å². The van der Waals surface area contributed by atoms with Crippen molar-refractivity contribution >= 4 is 23.2 Å². The molecule has 0 fully saturated rings. The summed E-state index contributed by atoms with van der Waals surface area (Å²) in [6, 6.07) is 9.42. The summed E-state index contributed by atoms with van der Waals surface area (Å²) in [6.07, 6.45) is 0. The number of benzene rings is 2. The SMILES string of the molecule is Cc1ccc(F)cc1NCc1ccc(C(N)=O)cc1Cl. The molecule has 20 heavy (non-hydrogen) atoms. The Kier molecular flexibility index (Phi) is 4.25. The van der Waals surface area contributed by atoms with Crippen molar-refractivity contribution in [2.75, 3.05) is 5.32 Å². The van der Waals surface area contributed by atoms with E-state index in [1.807, 2.05) is 6.92 Å². The molecule has 5 heteroatoms. The number of amides is 1. The van der Waals surface area contributed by atoms with Crippen LogP contribution in [0.3, 0.4) is 0 Å². The van der Waals surface area contributed by atoms with Crippen LogP contribution in [0.1, 0.15) is 21.5 Å². The van der Waals surface area contributed by atoms with E-state index in [1.54, 1.807) is 18.2 Å². The number of hydrogen-bond acceptors (Lipinski definition) is 2. The van der Waals surface area contributed by atoms with Gasteiger partial charge in [-0.15, -0.1) is 0 Å². The standard InChI is InChI=1S/C15H14ClFN2O/c1-9-2-5-12(17)7-14(9)19-8-11-4-3-10(15(18)20)6-13(11)16/h2-7,19H,8H2,1H3,(H2,18,20). The fourth-order valence-electron chi connectivity index (χ4n) is 1.82. The summed E-state index contributed by atoms with van der Waals surface area (Å²) in [6.45, 7) is 2.32. The van der Waals surface area contributed by atoms with Crippen molar-refractivity contribution in [2.24, 2.45) is 5.73 Å². The first kappa shape index (κ1) is 14.3. The number of halogens is 2. The fourth-order valence-corrected chi connectivity index (χ4v) is 2.07. The Morgan fingerprint density at radius 2 is 2.05 bits per heavy atom. The molecule has 2 rings (SSSR count). The molecule has 0 unspecified atom stereocenters. The summed E-state index contributed by atoms with van der Waals surface area (Å²) in [5.41, 5.74) is 8.00. The van der Waals surface area contributed by atoms with E-state index in [9.17, 15) is 9.18 Å². The maximum atomic E-state index is 13.2. The van der Waals surface area contributed by atoms with Crippen molar-refractivity contribution in [3.8, 4) is 0 Å². The van der Waals surface area contributed by atoms with Crippen molar-refractivity contribution in [1.82, 2.24) is 0 Å². The molecule has 0 bridgehead atoms. The quantitative estimate of drug-likeness (QED) is 0.906. The van der Waals surface area contributed by atoms with Crippen molar-refractivity contribution in [1.29, 1.82) is 0 Å². The van der Waals surface area contributed by atoms with Gasteiger partial charge in [-0.05, 0) is 42.3 Å². The highest BCUT2D eigenvalue weighted by Crippen LogP contribution is 2.21. The van der Waals surface area contributed by atoms with E-state index >= 15 is 0 Å². The molecule has 0 spiro atoms. The monoisotopic (exact) mass is 292 g/mol. The number of aryl methyl sites for hydroxylation is 1. The summed E-state index contributed by atoms with van der Waals surface area (Å²) < 4.78 is 13.2. The molecule has 2 aromatic carbocycles. The molecule has 0 aliphatic heterocycles. The molecule has 0 aliphatic rings. The van der Waals surface area contributed by atoms with Crippen molar-refractivity contribution in [3.05, 3.63) is 63.9 Å². The van der Waals surface area contributed by atoms with Gasteiger partial charge in [0.05, 0.1) is 0 Å². The Bertz CT molecular complexity index is 658. The van der Waals surface area contributed by atoms with E-state index in [0.717, 1.165) is 11.1 Å². The Morgan fingerprint density at radius 1 is 1.30 bits per heavy atom. The van der Waals surface area contributed by atoms with Gasteiger partial charge in [0, 0.05) is 22.8 Å². The second kappa shape index (κ2) is 5.92. The normalized spacial score (nSPS) is 10.3. The predicted octanol–water partition coefficient (Wildman–Crippen LogP) is 3.50. The molecule has 3 N–H and O–H groups in total. The molecule has 0 saturated carbocycles. The minimum absolute atomic E-state index is 0.298. The van der Waals surface area contributed by atoms with Crippen LogP contribution in [0.4, 0.5) is 10.1 Å². The molecule has 3 nitrogen and oxygen atoms in total. The molecule has 0 aliphatic carbocycles. The van der Waals surface area contributed by atoms with Crippen LogP contribution in [0.15, 0.2) is 36.4 Å². The van der Waals surface area contributed by atoms with E-state index in [1.165, 1.54) is 18.2 Å². The predicted molar refractivity (Wildman–Crippen MR) is 78.4 cm³/mol. The number of nitrogens with two attached hydrogens (primary N) is 1. The number of carbonyl (C=O) groups is 1. The van der Waals surface area contributed by atoms with Gasteiger partial charge >= 0.3 is 0 Å². The topological polar surface area (TPSA) is 55.1 Å². The van der Waals surface area contributed by atoms with Gasteiger partial charge in [0.1, 0.15) is 5.82 Å². The lowest BCUT2D eigenvalue weighted by Crippen LogP contribution is -2.11. The highest BCUT2D eigenvalue weighted by Gasteiger charge is 2.06. The first-order valence-corrected chi connectivity index (χ1v) is 6.43. The molecule has 0 saturated heterocycles. The van der Waals surface area contributed by atoms with Crippen LogP contribution in [-0.4, -0.2) is 5.91 Å². The van der Waals surface area contributed by atoms with Gasteiger partial charge in [-0.2, -0.15) is 0 Å². The second-order valence-corrected chi connectivity index (χ2v) is 4.89. The smallest absolute Gasteiger partial charge is 0.248 e. The van der Waals surface area contributed by atoms with Gasteiger partial charge < -0.3 is 11.1 Å². The van der Waals surface area contributed by atoms with Crippen LogP contribution < -0.4 is 11.1 Å². The maximum absolute atomic E-state index is 13.2. The highest BCUT2D eigenvalue weighted by molar-refractivity contribution is 6.31. The minimum atomic E-state index is -0.521. The largest absolute Gasteiger partial charge is 0.381 e. The van der Waals surface area contributed by atoms with E-state index < -0.39 is 5.91 Å². The van der Waals surface area contributed by atoms with Crippen LogP contribution in [0.25, 0.3) is 0 Å². The number of nitrogens with one attached hydrogen (secondary N) is 1. The molecule has 2 aromatic rings. The molecular weight excluding hydrogens is 279 g/mol. The van der Waals surface area contributed by atoms with Crippen molar-refractivity contribution in [2.45, 2.75) is 13.5 Å². The molecule has 0 aromatic heterocycles. The summed E-state index contributed by atoms with van der Waals surface area (Å²) in [5.74, 6) is -0.819. The lowest BCUT2D eigenvalue weighted by atomic mass is 10.1. The zero-order valence-electron chi connectivity index (χ0n) is 10.9. The summed E-state index contributed by atoms with van der Waals surface area (Å²) in [4.78, 5) is 11.0. The third-order valence-corrected chi connectivity index (χ3v) is 3.36. The van der Waals surface area contributed by atoms with Crippen LogP contribution in [0, 0.1) is 12.7 Å². The second-order valence-electron chi connectivity index (χ2n) is 4.48. The fraction of sp³-hybridized carbons (Fsp3) is 0.133. The molecular formula is C15H14ClFN2O. The first-order valence-electron chi connectivity index (χ1n) is 6.05. The van der Waals surface area contributed by atoms with Crippen LogP contribution in [0.2, 0.25) is 5.02 Å². The third-order valence-electron chi connectivity index (χ3n) is 3.01. The molecule has 0 atom stereocenters. The number of rotatable bonds is 4. The number of carbonyl (C=O) groups excluding carboxylic acids is 1. The Hall–Kier alpha value is -2.07. The van der Waals surface area contributed by atoms with Gasteiger partial charge in [0.25, 0.3) is 0 Å². The molecule has 1 amide bonds. The number of anilines is 1. The lowest BCUT2D eigenvalue weighted by molar-refractivity contribution is 0.100. The Morgan fingerprint density at radius 3 is 2.70 bits per heavy atom. The highest BCUT2D eigenvalue weighted by atomic mass is 35.5. The molecule has 0 heterocycles. The van der Waals surface area contributed by atoms with Gasteiger partial charge in [-0.25, -0.2) is 4.39 Å². The summed E-state index contributed by atoms with van der Waals surface area (Å²) >= 11 is 6.09. The van der Waals surface area contributed by atoms with E-state index in [0.29, 0.717) is 22.8 Å². The summed E-state index contributed by atoms with van der Waals surface area (Å²) in [7, 11) is 0. The van der Waals surface area contributed by atoms with Crippen LogP contribution in [0.5, 0.6) is 0 Å². The van der Waals surface area contributed by atoms with Gasteiger partial charge in [0.15, 0.2) is 0 Å². The molecule has 104 valence electrons. The molecule has 0 radical (unpaired) electrons. The van der Waals surface area contributed by atoms with Crippen molar-refractivity contribution < 1.29 is 9.18 Å². The van der Waals surface area contributed by atoms with Crippen LogP contribution >= 0.6 is 11.6 Å². The van der Waals surface area contributed by atoms with E-state index in [4.69, 9.17) is 17.3 Å². The Balaban J connectivity index is 2.15. The maximum Gasteiger partial charge on any atom is 0.248 e. The first-order chi connectivity index (χ1) is 9.47. The number of hydrogen-bond donors (Lipinski definition) is 2. The summed E-state index contributed by atoms with van der Waals surface area (Å²) in [5, 5.41) is 3.57. The lowest BCUT2D eigenvalue weighted by Gasteiger charge is -2.11.